The molecule has 0 amide bonds. The molecule has 1 saturated heterocycles. The van der Waals surface area contributed by atoms with Crippen LogP contribution in [0.2, 0.25) is 0 Å². The van der Waals surface area contributed by atoms with E-state index in [-0.39, 0.29) is 13.2 Å². The molecule has 21 heavy (non-hydrogen) atoms. The Kier molecular flexibility index (Phi) is 3.73. The average molecular weight is 284 g/mol. The Morgan fingerprint density at radius 2 is 1.52 bits per heavy atom. The highest BCUT2D eigenvalue weighted by atomic mass is 16.6. The molecule has 2 aromatic rings. The molecule has 3 rings (SSSR count). The molecule has 0 saturated carbocycles. The van der Waals surface area contributed by atoms with Gasteiger partial charge in [0.05, 0.1) is 13.2 Å². The maximum Gasteiger partial charge on any atom is 0.335 e. The molecule has 1 aliphatic rings. The van der Waals surface area contributed by atoms with Gasteiger partial charge in [-0.05, 0) is 11.1 Å². The number of hydrogen-bond acceptors (Lipinski definition) is 3. The Hall–Kier alpha value is -2.17. The standard InChI is InChI=1S/C17H16O4/c18-16(19)15-11-21-17(12-20-15,13-7-3-1-4-8-13)14-9-5-2-6-10-14/h1-10,15H,11-12H2,(H,18,19). The molecule has 2 aromatic carbocycles. The molecule has 1 atom stereocenters. The summed E-state index contributed by atoms with van der Waals surface area (Å²) in [5.74, 6) is -0.996. The first kappa shape index (κ1) is 13.8. The molecule has 0 bridgehead atoms. The summed E-state index contributed by atoms with van der Waals surface area (Å²) < 4.78 is 11.5. The monoisotopic (exact) mass is 284 g/mol. The van der Waals surface area contributed by atoms with Crippen molar-refractivity contribution in [1.82, 2.24) is 0 Å². The van der Waals surface area contributed by atoms with Crippen molar-refractivity contribution in [2.45, 2.75) is 11.7 Å². The highest BCUT2D eigenvalue weighted by Gasteiger charge is 2.42. The Labute approximate surface area is 122 Å². The lowest BCUT2D eigenvalue weighted by molar-refractivity contribution is -0.195. The molecule has 1 N–H and O–H groups in total. The van der Waals surface area contributed by atoms with Crippen LogP contribution in [0.1, 0.15) is 11.1 Å². The van der Waals surface area contributed by atoms with Crippen LogP contribution >= 0.6 is 0 Å². The Morgan fingerprint density at radius 3 is 1.90 bits per heavy atom. The van der Waals surface area contributed by atoms with Gasteiger partial charge in [-0.1, -0.05) is 60.7 Å². The Morgan fingerprint density at radius 1 is 1.00 bits per heavy atom. The van der Waals surface area contributed by atoms with Crippen molar-refractivity contribution in [3.8, 4) is 0 Å². The zero-order chi connectivity index (χ0) is 14.7. The molecule has 0 radical (unpaired) electrons. The van der Waals surface area contributed by atoms with E-state index in [0.717, 1.165) is 11.1 Å². The van der Waals surface area contributed by atoms with Crippen LogP contribution in [0.5, 0.6) is 0 Å². The fraction of sp³-hybridized carbons (Fsp3) is 0.235. The SMILES string of the molecule is O=C(O)C1COC(c2ccccc2)(c2ccccc2)CO1. The molecule has 1 fully saturated rings. The number of carbonyl (C=O) groups is 1. The number of aliphatic carboxylic acids is 1. The van der Waals surface area contributed by atoms with Crippen molar-refractivity contribution >= 4 is 5.97 Å². The Balaban J connectivity index is 2.00. The highest BCUT2D eigenvalue weighted by molar-refractivity contribution is 5.72. The Bertz CT molecular complexity index is 560. The minimum atomic E-state index is -0.996. The third-order valence-corrected chi connectivity index (χ3v) is 3.72. The zero-order valence-electron chi connectivity index (χ0n) is 11.4. The fourth-order valence-corrected chi connectivity index (χ4v) is 2.58. The van der Waals surface area contributed by atoms with Crippen LogP contribution in [0.15, 0.2) is 60.7 Å². The minimum absolute atomic E-state index is 0.0269. The number of ether oxygens (including phenoxy) is 2. The first-order valence-corrected chi connectivity index (χ1v) is 6.82. The molecular formula is C17H16O4. The second kappa shape index (κ2) is 5.68. The largest absolute Gasteiger partial charge is 0.479 e. The third kappa shape index (κ3) is 2.55. The van der Waals surface area contributed by atoms with Crippen LogP contribution in [0.25, 0.3) is 0 Å². The summed E-state index contributed by atoms with van der Waals surface area (Å²) >= 11 is 0. The van der Waals surface area contributed by atoms with E-state index in [1.807, 2.05) is 60.7 Å². The van der Waals surface area contributed by atoms with E-state index in [2.05, 4.69) is 0 Å². The van der Waals surface area contributed by atoms with Crippen LogP contribution < -0.4 is 0 Å². The minimum Gasteiger partial charge on any atom is -0.479 e. The third-order valence-electron chi connectivity index (χ3n) is 3.72. The van der Waals surface area contributed by atoms with Crippen molar-refractivity contribution in [3.05, 3.63) is 71.8 Å². The lowest BCUT2D eigenvalue weighted by atomic mass is 9.86. The van der Waals surface area contributed by atoms with E-state index in [4.69, 9.17) is 14.6 Å². The van der Waals surface area contributed by atoms with Crippen LogP contribution in [-0.4, -0.2) is 30.4 Å². The van der Waals surface area contributed by atoms with Gasteiger partial charge in [0.25, 0.3) is 0 Å². The van der Waals surface area contributed by atoms with Crippen molar-refractivity contribution in [2.75, 3.05) is 13.2 Å². The molecule has 1 heterocycles. The highest BCUT2D eigenvalue weighted by Crippen LogP contribution is 2.37. The van der Waals surface area contributed by atoms with E-state index in [0.29, 0.717) is 0 Å². The predicted octanol–water partition coefficient (Wildman–Crippen LogP) is 2.43. The number of hydrogen-bond donors (Lipinski definition) is 1. The second-order valence-corrected chi connectivity index (χ2v) is 5.01. The second-order valence-electron chi connectivity index (χ2n) is 5.01. The van der Waals surface area contributed by atoms with Gasteiger partial charge in [-0.3, -0.25) is 0 Å². The van der Waals surface area contributed by atoms with E-state index in [9.17, 15) is 4.79 Å². The summed E-state index contributed by atoms with van der Waals surface area (Å²) in [7, 11) is 0. The van der Waals surface area contributed by atoms with Crippen LogP contribution in [-0.2, 0) is 19.9 Å². The first-order valence-electron chi connectivity index (χ1n) is 6.82. The van der Waals surface area contributed by atoms with Gasteiger partial charge in [0.15, 0.2) is 6.10 Å². The van der Waals surface area contributed by atoms with Crippen molar-refractivity contribution in [3.63, 3.8) is 0 Å². The van der Waals surface area contributed by atoms with Crippen LogP contribution in [0.3, 0.4) is 0 Å². The number of benzene rings is 2. The van der Waals surface area contributed by atoms with E-state index in [1.165, 1.54) is 0 Å². The summed E-state index contributed by atoms with van der Waals surface area (Å²) in [5.41, 5.74) is 1.16. The summed E-state index contributed by atoms with van der Waals surface area (Å²) in [4.78, 5) is 11.0. The molecule has 0 aromatic heterocycles. The molecule has 0 spiro atoms. The van der Waals surface area contributed by atoms with Crippen LogP contribution in [0.4, 0.5) is 0 Å². The predicted molar refractivity (Wildman–Crippen MR) is 77.0 cm³/mol. The summed E-state index contributed by atoms with van der Waals surface area (Å²) in [6.07, 6.45) is -0.912. The van der Waals surface area contributed by atoms with E-state index >= 15 is 0 Å². The van der Waals surface area contributed by atoms with Gasteiger partial charge in [-0.25, -0.2) is 4.79 Å². The zero-order valence-corrected chi connectivity index (χ0v) is 11.4. The molecule has 108 valence electrons. The molecular weight excluding hydrogens is 268 g/mol. The lowest BCUT2D eigenvalue weighted by Crippen LogP contribution is -2.47. The normalized spacial score (nSPS) is 20.9. The van der Waals surface area contributed by atoms with Gasteiger partial charge in [0.2, 0.25) is 0 Å². The molecule has 1 aliphatic heterocycles. The summed E-state index contributed by atoms with van der Waals surface area (Å²) in [6.45, 7) is 0.205. The number of rotatable bonds is 3. The van der Waals surface area contributed by atoms with E-state index in [1.54, 1.807) is 0 Å². The maximum absolute atomic E-state index is 11.0. The van der Waals surface area contributed by atoms with Gasteiger partial charge in [0.1, 0.15) is 5.60 Å². The first-order chi connectivity index (χ1) is 10.2. The van der Waals surface area contributed by atoms with Crippen molar-refractivity contribution in [2.24, 2.45) is 0 Å². The van der Waals surface area contributed by atoms with Gasteiger partial charge in [-0.15, -0.1) is 0 Å². The summed E-state index contributed by atoms with van der Waals surface area (Å²) in [6, 6.07) is 19.5. The topological polar surface area (TPSA) is 55.8 Å². The quantitative estimate of drug-likeness (QED) is 0.940. The summed E-state index contributed by atoms with van der Waals surface area (Å²) in [5, 5.41) is 9.04. The fourth-order valence-electron chi connectivity index (χ4n) is 2.58. The van der Waals surface area contributed by atoms with Gasteiger partial charge in [0, 0.05) is 0 Å². The molecule has 4 nitrogen and oxygen atoms in total. The van der Waals surface area contributed by atoms with Gasteiger partial charge < -0.3 is 14.6 Å². The molecule has 1 unspecified atom stereocenters. The molecule has 0 aliphatic carbocycles. The van der Waals surface area contributed by atoms with Crippen molar-refractivity contribution in [1.29, 1.82) is 0 Å². The van der Waals surface area contributed by atoms with Gasteiger partial charge in [-0.2, -0.15) is 0 Å². The average Bonchev–Trinajstić information content (AvgIpc) is 2.56. The maximum atomic E-state index is 11.0. The number of carboxylic acid groups (broad SMARTS) is 1. The van der Waals surface area contributed by atoms with Crippen molar-refractivity contribution < 1.29 is 19.4 Å². The number of carboxylic acids is 1. The lowest BCUT2D eigenvalue weighted by Gasteiger charge is -2.40. The smallest absolute Gasteiger partial charge is 0.335 e. The molecule has 4 heteroatoms. The van der Waals surface area contributed by atoms with E-state index < -0.39 is 17.7 Å². The van der Waals surface area contributed by atoms with Gasteiger partial charge >= 0.3 is 5.97 Å². The van der Waals surface area contributed by atoms with Crippen LogP contribution in [0, 0.1) is 0 Å².